The van der Waals surface area contributed by atoms with E-state index in [1.54, 1.807) is 0 Å². The van der Waals surface area contributed by atoms with E-state index in [-0.39, 0.29) is 12.1 Å². The maximum absolute atomic E-state index is 12.2. The first kappa shape index (κ1) is 17.6. The molecule has 2 nitrogen and oxygen atoms in total. The topological polar surface area (TPSA) is 23.2 Å². The molecule has 0 spiro atoms. The van der Waals surface area contributed by atoms with E-state index in [0.29, 0.717) is 0 Å². The third kappa shape index (κ3) is 2.51. The molecule has 2 aliphatic rings. The zero-order valence-electron chi connectivity index (χ0n) is 16.6. The normalized spacial score (nSPS) is 19.9. The van der Waals surface area contributed by atoms with Gasteiger partial charge in [0.25, 0.3) is 0 Å². The molecule has 2 heteroatoms. The van der Waals surface area contributed by atoms with Crippen LogP contribution in [0.5, 0.6) is 0 Å². The molecule has 1 N–H and O–H groups in total. The Hall–Kier alpha value is -3.20. The van der Waals surface area contributed by atoms with Gasteiger partial charge >= 0.3 is 0 Å². The third-order valence-corrected chi connectivity index (χ3v) is 6.69. The number of nitrogens with zero attached hydrogens (tertiary/aromatic N) is 1. The molecular formula is C28H23NO. The average Bonchev–Trinajstić information content (AvgIpc) is 3.55. The Bertz CT molecular complexity index is 1120. The van der Waals surface area contributed by atoms with Crippen LogP contribution in [-0.2, 0) is 5.60 Å². The Morgan fingerprint density at radius 2 is 1.03 bits per heavy atom. The number of hydrogen-bond donors (Lipinski definition) is 1. The van der Waals surface area contributed by atoms with Crippen molar-refractivity contribution in [3.05, 3.63) is 131 Å². The molecule has 6 rings (SSSR count). The van der Waals surface area contributed by atoms with E-state index in [1.807, 2.05) is 60.7 Å². The molecule has 0 radical (unpaired) electrons. The standard InChI is InChI=1S/C28H23NO/c30-28(20-11-3-1-4-12-20,21-13-5-2-6-14-21)26-19-29(26)27-24-17-9-7-15-22(24)23-16-8-10-18-25(23)27/h1-18,26-27,30H,19H2. The van der Waals surface area contributed by atoms with Crippen molar-refractivity contribution in [2.75, 3.05) is 6.54 Å². The molecule has 0 bridgehead atoms. The largest absolute Gasteiger partial charge is 0.379 e. The first-order chi connectivity index (χ1) is 14.8. The van der Waals surface area contributed by atoms with E-state index in [4.69, 9.17) is 0 Å². The summed E-state index contributed by atoms with van der Waals surface area (Å²) in [5.41, 5.74) is 6.15. The fourth-order valence-electron chi connectivity index (χ4n) is 5.23. The summed E-state index contributed by atoms with van der Waals surface area (Å²) in [5.74, 6) is 0. The first-order valence-electron chi connectivity index (χ1n) is 10.6. The van der Waals surface area contributed by atoms with Crippen LogP contribution >= 0.6 is 0 Å². The van der Waals surface area contributed by atoms with Crippen LogP contribution in [0.3, 0.4) is 0 Å². The molecule has 1 saturated heterocycles. The second-order valence-corrected chi connectivity index (χ2v) is 8.29. The van der Waals surface area contributed by atoms with Crippen LogP contribution < -0.4 is 0 Å². The van der Waals surface area contributed by atoms with Crippen molar-refractivity contribution in [2.45, 2.75) is 17.7 Å². The Labute approximate surface area is 177 Å². The molecule has 146 valence electrons. The molecule has 1 fully saturated rings. The van der Waals surface area contributed by atoms with Gasteiger partial charge in [0.05, 0.1) is 12.1 Å². The molecule has 0 aromatic heterocycles. The molecule has 1 aliphatic carbocycles. The molecular weight excluding hydrogens is 366 g/mol. The Morgan fingerprint density at radius 3 is 1.53 bits per heavy atom. The van der Waals surface area contributed by atoms with E-state index in [2.05, 4.69) is 53.4 Å². The fourth-order valence-corrected chi connectivity index (χ4v) is 5.23. The van der Waals surface area contributed by atoms with Crippen LogP contribution in [-0.4, -0.2) is 22.6 Å². The second kappa shape index (κ2) is 6.66. The molecule has 0 saturated carbocycles. The van der Waals surface area contributed by atoms with Gasteiger partial charge in [-0.25, -0.2) is 0 Å². The predicted molar refractivity (Wildman–Crippen MR) is 120 cm³/mol. The Morgan fingerprint density at radius 1 is 0.600 bits per heavy atom. The minimum absolute atomic E-state index is 0.0199. The highest BCUT2D eigenvalue weighted by Crippen LogP contribution is 2.53. The summed E-state index contributed by atoms with van der Waals surface area (Å²) in [7, 11) is 0. The third-order valence-electron chi connectivity index (χ3n) is 6.69. The summed E-state index contributed by atoms with van der Waals surface area (Å²) in [6.45, 7) is 0.855. The fraction of sp³-hybridized carbons (Fsp3) is 0.143. The predicted octanol–water partition coefficient (Wildman–Crippen LogP) is 5.38. The summed E-state index contributed by atoms with van der Waals surface area (Å²) in [5, 5.41) is 12.2. The Balaban J connectivity index is 1.46. The molecule has 2 unspecified atom stereocenters. The number of aliphatic hydroxyl groups is 1. The second-order valence-electron chi connectivity index (χ2n) is 8.29. The van der Waals surface area contributed by atoms with Crippen LogP contribution in [0.15, 0.2) is 109 Å². The van der Waals surface area contributed by atoms with E-state index in [9.17, 15) is 5.11 Å². The van der Waals surface area contributed by atoms with Gasteiger partial charge in [-0.15, -0.1) is 0 Å². The lowest BCUT2D eigenvalue weighted by molar-refractivity contribution is 0.0614. The van der Waals surface area contributed by atoms with Gasteiger partial charge in [-0.1, -0.05) is 109 Å². The molecule has 2 atom stereocenters. The van der Waals surface area contributed by atoms with Gasteiger partial charge in [0.1, 0.15) is 5.60 Å². The lowest BCUT2D eigenvalue weighted by atomic mass is 9.83. The van der Waals surface area contributed by atoms with E-state index < -0.39 is 5.60 Å². The zero-order chi connectivity index (χ0) is 20.1. The summed E-state index contributed by atoms with van der Waals surface area (Å²) in [4.78, 5) is 2.45. The molecule has 1 aliphatic heterocycles. The number of hydrogen-bond acceptors (Lipinski definition) is 2. The monoisotopic (exact) mass is 389 g/mol. The minimum atomic E-state index is -1.05. The quantitative estimate of drug-likeness (QED) is 0.474. The van der Waals surface area contributed by atoms with Gasteiger partial charge in [0, 0.05) is 6.54 Å². The maximum atomic E-state index is 12.2. The Kier molecular flexibility index (Phi) is 3.92. The van der Waals surface area contributed by atoms with Crippen molar-refractivity contribution in [2.24, 2.45) is 0 Å². The summed E-state index contributed by atoms with van der Waals surface area (Å²) in [6, 6.07) is 37.8. The van der Waals surface area contributed by atoms with Crippen molar-refractivity contribution in [1.82, 2.24) is 4.90 Å². The van der Waals surface area contributed by atoms with Gasteiger partial charge in [0.2, 0.25) is 0 Å². The highest BCUT2D eigenvalue weighted by molar-refractivity contribution is 5.78. The van der Waals surface area contributed by atoms with Crippen molar-refractivity contribution in [3.63, 3.8) is 0 Å². The lowest BCUT2D eigenvalue weighted by Gasteiger charge is -2.31. The minimum Gasteiger partial charge on any atom is -0.379 e. The highest BCUT2D eigenvalue weighted by Gasteiger charge is 2.56. The number of fused-ring (bicyclic) bond motifs is 3. The van der Waals surface area contributed by atoms with Crippen LogP contribution in [0.2, 0.25) is 0 Å². The molecule has 0 amide bonds. The first-order valence-corrected chi connectivity index (χ1v) is 10.6. The highest BCUT2D eigenvalue weighted by atomic mass is 16.3. The van der Waals surface area contributed by atoms with Gasteiger partial charge in [0.15, 0.2) is 0 Å². The SMILES string of the molecule is OC(c1ccccc1)(c1ccccc1)C1CN1C1c2ccccc2-c2ccccc21. The van der Waals surface area contributed by atoms with Crippen molar-refractivity contribution in [3.8, 4) is 11.1 Å². The average molecular weight is 389 g/mol. The zero-order valence-corrected chi connectivity index (χ0v) is 16.6. The molecule has 1 heterocycles. The number of rotatable bonds is 4. The van der Waals surface area contributed by atoms with Gasteiger partial charge < -0.3 is 5.11 Å². The van der Waals surface area contributed by atoms with E-state index in [1.165, 1.54) is 22.3 Å². The summed E-state index contributed by atoms with van der Waals surface area (Å²) in [6.07, 6.45) is 0. The van der Waals surface area contributed by atoms with Crippen molar-refractivity contribution < 1.29 is 5.11 Å². The van der Waals surface area contributed by atoms with E-state index >= 15 is 0 Å². The summed E-state index contributed by atoms with van der Waals surface area (Å²) < 4.78 is 0. The van der Waals surface area contributed by atoms with Crippen LogP contribution in [0.1, 0.15) is 28.3 Å². The lowest BCUT2D eigenvalue weighted by Crippen LogP contribution is -2.36. The number of benzene rings is 4. The summed E-state index contributed by atoms with van der Waals surface area (Å²) >= 11 is 0. The molecule has 4 aromatic rings. The van der Waals surface area contributed by atoms with E-state index in [0.717, 1.165) is 17.7 Å². The van der Waals surface area contributed by atoms with Crippen molar-refractivity contribution >= 4 is 0 Å². The van der Waals surface area contributed by atoms with Crippen LogP contribution in [0, 0.1) is 0 Å². The van der Waals surface area contributed by atoms with Gasteiger partial charge in [-0.3, -0.25) is 4.90 Å². The van der Waals surface area contributed by atoms with Crippen LogP contribution in [0.4, 0.5) is 0 Å². The van der Waals surface area contributed by atoms with Crippen LogP contribution in [0.25, 0.3) is 11.1 Å². The maximum Gasteiger partial charge on any atom is 0.131 e. The smallest absolute Gasteiger partial charge is 0.131 e. The van der Waals surface area contributed by atoms with Crippen molar-refractivity contribution in [1.29, 1.82) is 0 Å². The van der Waals surface area contributed by atoms with Gasteiger partial charge in [-0.05, 0) is 33.4 Å². The molecule has 30 heavy (non-hydrogen) atoms. The molecule has 4 aromatic carbocycles. The van der Waals surface area contributed by atoms with Gasteiger partial charge in [-0.2, -0.15) is 0 Å².